The zero-order valence-corrected chi connectivity index (χ0v) is 47.1. The van der Waals surface area contributed by atoms with Crippen molar-refractivity contribution in [3.05, 3.63) is 301 Å². The van der Waals surface area contributed by atoms with Crippen molar-refractivity contribution in [2.24, 2.45) is 0 Å². The Bertz CT molecular complexity index is 5220. The molecule has 0 aliphatic carbocycles. The standard InChI is InChI=1S/C80H46N8/c81-47-57-22-7-11-26-61(57)53-34-38-74-67(42-53)68-43-54(62-27-12-8-23-58(62)48-82)35-39-75(68)87(74)73-32-16-15-30-66(73)79-65(72-46-71(51-18-3-1-4-19-51)85-80(86-72)52-20-5-2-6-21-52)31-17-33-78(79)88-76-40-36-55(63-28-13-9-24-59(63)49-83)44-69(76)70-45-56(37-41-77(70)88)64-29-14-10-25-60(64)50-84/h1-46H. The SMILES string of the molecule is N#Cc1ccccc1-c1ccc2c(c1)c1cc(-c3ccccc3C#N)ccc1n2-c1ccccc1-c1c(-c2cc(-c3ccccc3)nc(-c3ccccc3)n2)cccc1-n1c2ccc(-c3ccccc3C#N)cc2c2cc(-c3ccccc3C#N)ccc21. The van der Waals surface area contributed by atoms with Crippen LogP contribution in [0.3, 0.4) is 0 Å². The quantitative estimate of drug-likeness (QED) is 0.134. The Labute approximate surface area is 507 Å². The molecule has 0 aliphatic rings. The number of para-hydroxylation sites is 1. The first-order valence-electron chi connectivity index (χ1n) is 28.9. The lowest BCUT2D eigenvalue weighted by atomic mass is 9.93. The number of aromatic nitrogens is 4. The predicted molar refractivity (Wildman–Crippen MR) is 353 cm³/mol. The van der Waals surface area contributed by atoms with Crippen molar-refractivity contribution in [1.29, 1.82) is 21.0 Å². The third-order valence-corrected chi connectivity index (χ3v) is 16.8. The summed E-state index contributed by atoms with van der Waals surface area (Å²) in [5.41, 5.74) is 20.8. The number of fused-ring (bicyclic) bond motifs is 6. The summed E-state index contributed by atoms with van der Waals surface area (Å²) in [6, 6.07) is 104. The second-order valence-electron chi connectivity index (χ2n) is 21.6. The van der Waals surface area contributed by atoms with Crippen molar-refractivity contribution >= 4 is 43.6 Å². The van der Waals surface area contributed by atoms with Crippen LogP contribution in [-0.2, 0) is 0 Å². The summed E-state index contributed by atoms with van der Waals surface area (Å²) >= 11 is 0. The highest BCUT2D eigenvalue weighted by Gasteiger charge is 2.26. The van der Waals surface area contributed by atoms with E-state index in [1.807, 2.05) is 146 Å². The van der Waals surface area contributed by atoms with E-state index in [1.165, 1.54) is 0 Å². The zero-order chi connectivity index (χ0) is 59.2. The van der Waals surface area contributed by atoms with Gasteiger partial charge in [-0.3, -0.25) is 0 Å². The van der Waals surface area contributed by atoms with E-state index in [1.54, 1.807) is 0 Å². The zero-order valence-electron chi connectivity index (χ0n) is 47.1. The smallest absolute Gasteiger partial charge is 0.160 e. The number of nitriles is 4. The summed E-state index contributed by atoms with van der Waals surface area (Å²) in [7, 11) is 0. The summed E-state index contributed by atoms with van der Waals surface area (Å²) < 4.78 is 4.69. The van der Waals surface area contributed by atoms with Crippen LogP contribution in [0.25, 0.3) is 145 Å². The molecule has 0 N–H and O–H groups in total. The molecule has 15 rings (SSSR count). The first-order valence-corrected chi connectivity index (χ1v) is 28.9. The largest absolute Gasteiger partial charge is 0.309 e. The Balaban J connectivity index is 1.06. The van der Waals surface area contributed by atoms with Gasteiger partial charge in [-0.05, 0) is 136 Å². The summed E-state index contributed by atoms with van der Waals surface area (Å²) in [5.74, 6) is 0.582. The normalized spacial score (nSPS) is 11.1. The molecule has 3 heterocycles. The Morgan fingerprint density at radius 2 is 0.580 bits per heavy atom. The van der Waals surface area contributed by atoms with Crippen LogP contribution in [0.2, 0.25) is 0 Å². The van der Waals surface area contributed by atoms with Crippen molar-refractivity contribution in [3.8, 4) is 125 Å². The molecule has 88 heavy (non-hydrogen) atoms. The molecular formula is C80H46N8. The topological polar surface area (TPSA) is 131 Å². The number of hydrogen-bond acceptors (Lipinski definition) is 6. The summed E-state index contributed by atoms with van der Waals surface area (Å²) in [4.78, 5) is 10.8. The lowest BCUT2D eigenvalue weighted by Crippen LogP contribution is -2.04. The number of benzene rings is 12. The first-order chi connectivity index (χ1) is 43.5. The molecule has 0 radical (unpaired) electrons. The van der Waals surface area contributed by atoms with Gasteiger partial charge in [-0.25, -0.2) is 9.97 Å². The van der Waals surface area contributed by atoms with Gasteiger partial charge in [-0.15, -0.1) is 0 Å². The Morgan fingerprint density at radius 3 is 1.00 bits per heavy atom. The van der Waals surface area contributed by atoms with Crippen LogP contribution < -0.4 is 0 Å². The number of rotatable bonds is 10. The molecule has 0 saturated heterocycles. The molecular weight excluding hydrogens is 1070 g/mol. The van der Waals surface area contributed by atoms with Crippen molar-refractivity contribution < 1.29 is 0 Å². The molecule has 0 bridgehead atoms. The molecule has 8 nitrogen and oxygen atoms in total. The number of nitrogens with zero attached hydrogens (tertiary/aromatic N) is 8. The van der Waals surface area contributed by atoms with E-state index in [0.29, 0.717) is 28.1 Å². The third-order valence-electron chi connectivity index (χ3n) is 16.8. The molecule has 8 heteroatoms. The summed E-state index contributed by atoms with van der Waals surface area (Å²) in [6.07, 6.45) is 0. The van der Waals surface area contributed by atoms with Gasteiger partial charge in [-0.2, -0.15) is 21.0 Å². The molecule has 0 spiro atoms. The molecule has 12 aromatic carbocycles. The van der Waals surface area contributed by atoms with E-state index < -0.39 is 0 Å². The summed E-state index contributed by atoms with van der Waals surface area (Å²) in [6.45, 7) is 0. The van der Waals surface area contributed by atoms with Crippen molar-refractivity contribution in [3.63, 3.8) is 0 Å². The van der Waals surface area contributed by atoms with Gasteiger partial charge in [0, 0.05) is 49.4 Å². The molecule has 15 aromatic rings. The van der Waals surface area contributed by atoms with Crippen LogP contribution in [0.5, 0.6) is 0 Å². The van der Waals surface area contributed by atoms with E-state index in [4.69, 9.17) is 9.97 Å². The average molecular weight is 1120 g/mol. The first kappa shape index (κ1) is 52.1. The Hall–Kier alpha value is -12.7. The maximum absolute atomic E-state index is 10.4. The monoisotopic (exact) mass is 1120 g/mol. The average Bonchev–Trinajstić information content (AvgIpc) is 1.57. The molecule has 406 valence electrons. The van der Waals surface area contributed by atoms with Crippen LogP contribution >= 0.6 is 0 Å². The van der Waals surface area contributed by atoms with Crippen LogP contribution in [0, 0.1) is 45.3 Å². The van der Waals surface area contributed by atoms with Gasteiger partial charge in [0.05, 0.1) is 91.4 Å². The second kappa shape index (κ2) is 21.8. The predicted octanol–water partition coefficient (Wildman–Crippen LogP) is 19.5. The van der Waals surface area contributed by atoms with Crippen molar-refractivity contribution in [2.75, 3.05) is 0 Å². The molecule has 3 aromatic heterocycles. The fourth-order valence-electron chi connectivity index (χ4n) is 12.7. The van der Waals surface area contributed by atoms with E-state index >= 15 is 0 Å². The van der Waals surface area contributed by atoms with Gasteiger partial charge in [0.1, 0.15) is 0 Å². The minimum atomic E-state index is 0.576. The van der Waals surface area contributed by atoms with Crippen molar-refractivity contribution in [2.45, 2.75) is 0 Å². The van der Waals surface area contributed by atoms with E-state index in [-0.39, 0.29) is 0 Å². The van der Waals surface area contributed by atoms with E-state index in [2.05, 4.69) is 167 Å². The van der Waals surface area contributed by atoms with Gasteiger partial charge in [0.15, 0.2) is 5.82 Å². The Kier molecular flexibility index (Phi) is 12.9. The van der Waals surface area contributed by atoms with Crippen molar-refractivity contribution in [1.82, 2.24) is 19.1 Å². The molecule has 0 fully saturated rings. The van der Waals surface area contributed by atoms with Gasteiger partial charge in [0.25, 0.3) is 0 Å². The maximum atomic E-state index is 10.4. The van der Waals surface area contributed by atoms with Crippen LogP contribution in [0.4, 0.5) is 0 Å². The van der Waals surface area contributed by atoms with Gasteiger partial charge in [0.2, 0.25) is 0 Å². The summed E-state index contributed by atoms with van der Waals surface area (Å²) in [5, 5.41) is 45.4. The molecule has 0 amide bonds. The van der Waals surface area contributed by atoms with Crippen LogP contribution in [-0.4, -0.2) is 19.1 Å². The van der Waals surface area contributed by atoms with Gasteiger partial charge in [-0.1, -0.05) is 188 Å². The third kappa shape index (κ3) is 8.83. The fourth-order valence-corrected chi connectivity index (χ4v) is 12.7. The molecule has 0 saturated carbocycles. The van der Waals surface area contributed by atoms with E-state index in [9.17, 15) is 21.0 Å². The Morgan fingerprint density at radius 1 is 0.250 bits per heavy atom. The van der Waals surface area contributed by atoms with Gasteiger partial charge >= 0.3 is 0 Å². The van der Waals surface area contributed by atoms with Crippen LogP contribution in [0.1, 0.15) is 22.3 Å². The minimum Gasteiger partial charge on any atom is -0.309 e. The highest BCUT2D eigenvalue weighted by atomic mass is 15.0. The highest BCUT2D eigenvalue weighted by Crippen LogP contribution is 2.47. The molecule has 0 unspecified atom stereocenters. The maximum Gasteiger partial charge on any atom is 0.160 e. The molecule has 0 aliphatic heterocycles. The lowest BCUT2D eigenvalue weighted by Gasteiger charge is -2.22. The van der Waals surface area contributed by atoms with E-state index in [0.717, 1.165) is 139 Å². The lowest BCUT2D eigenvalue weighted by molar-refractivity contribution is 1.15. The second-order valence-corrected chi connectivity index (χ2v) is 21.6. The van der Waals surface area contributed by atoms with Crippen LogP contribution in [0.15, 0.2) is 279 Å². The highest BCUT2D eigenvalue weighted by molar-refractivity contribution is 6.15. The van der Waals surface area contributed by atoms with Gasteiger partial charge < -0.3 is 9.13 Å². The fraction of sp³-hybridized carbons (Fsp3) is 0. The minimum absolute atomic E-state index is 0.576. The molecule has 0 atom stereocenters. The number of hydrogen-bond donors (Lipinski definition) is 0.